The molecule has 0 saturated carbocycles. The van der Waals surface area contributed by atoms with Gasteiger partial charge in [-0.3, -0.25) is 4.57 Å². The predicted molar refractivity (Wildman–Crippen MR) is 129 cm³/mol. The molecule has 1 heterocycles. The molecule has 0 radical (unpaired) electrons. The van der Waals surface area contributed by atoms with Gasteiger partial charge in [-0.1, -0.05) is 60.7 Å². The molecule has 0 bridgehead atoms. The van der Waals surface area contributed by atoms with E-state index in [-0.39, 0.29) is 17.1 Å². The largest absolute Gasteiger partial charge is 0.545 e. The molecule has 4 aromatic rings. The summed E-state index contributed by atoms with van der Waals surface area (Å²) in [6.07, 6.45) is -0.655. The Balaban J connectivity index is 1.75. The quantitative estimate of drug-likeness (QED) is 0.376. The maximum Gasteiger partial charge on any atom is 0.417 e. The van der Waals surface area contributed by atoms with Crippen molar-refractivity contribution in [2.45, 2.75) is 25.6 Å². The molecule has 0 saturated heterocycles. The lowest BCUT2D eigenvalue weighted by atomic mass is 10.0. The number of hydrogen-bond donors (Lipinski definition) is 1. The Morgan fingerprint density at radius 3 is 2.08 bits per heavy atom. The van der Waals surface area contributed by atoms with E-state index in [1.54, 1.807) is 24.3 Å². The highest BCUT2D eigenvalue weighted by Gasteiger charge is 2.35. The molecule has 0 fully saturated rings. The first-order chi connectivity index (χ1) is 16.9. The molecule has 0 spiro atoms. The highest BCUT2D eigenvalue weighted by atomic mass is 19.4. The molecule has 1 N–H and O–H groups in total. The Hall–Kier alpha value is -4.17. The number of aliphatic carboxylic acids is 1. The van der Waals surface area contributed by atoms with E-state index in [1.165, 1.54) is 48.9 Å². The average Bonchev–Trinajstić information content (AvgIpc) is 3.29. The summed E-state index contributed by atoms with van der Waals surface area (Å²) in [7, 11) is 0. The average molecular weight is 491 g/mol. The van der Waals surface area contributed by atoms with Crippen molar-refractivity contribution in [1.82, 2.24) is 9.55 Å². The van der Waals surface area contributed by atoms with Crippen LogP contribution in [0.4, 0.5) is 13.2 Å². The number of nitrogens with zero attached hydrogens (tertiary/aromatic N) is 2. The summed E-state index contributed by atoms with van der Waals surface area (Å²) < 4.78 is 42.8. The lowest BCUT2D eigenvalue weighted by Crippen LogP contribution is -2.18. The van der Waals surface area contributed by atoms with Crippen molar-refractivity contribution < 1.29 is 28.2 Å². The fraction of sp³-hybridized carbons (Fsp3) is 0.143. The van der Waals surface area contributed by atoms with Gasteiger partial charge >= 0.3 is 6.18 Å². The second-order valence-electron chi connectivity index (χ2n) is 8.74. The number of carbonyl (C=O) groups excluding carboxylic acids is 1. The molecule has 0 aliphatic heterocycles. The molecule has 0 aliphatic rings. The van der Waals surface area contributed by atoms with Gasteiger partial charge in [0.25, 0.3) is 0 Å². The Kier molecular flexibility index (Phi) is 6.56. The number of rotatable bonds is 6. The van der Waals surface area contributed by atoms with E-state index in [9.17, 15) is 28.2 Å². The van der Waals surface area contributed by atoms with Gasteiger partial charge in [-0.25, -0.2) is 4.98 Å². The van der Waals surface area contributed by atoms with Gasteiger partial charge in [-0.05, 0) is 54.8 Å². The van der Waals surface area contributed by atoms with Crippen LogP contribution in [-0.2, 0) is 16.6 Å². The van der Waals surface area contributed by atoms with E-state index in [2.05, 4.69) is 4.98 Å². The number of carboxylic acid groups (broad SMARTS) is 1. The van der Waals surface area contributed by atoms with Crippen LogP contribution >= 0.6 is 0 Å². The topological polar surface area (TPSA) is 78.2 Å². The minimum atomic E-state index is -4.57. The molecule has 36 heavy (non-hydrogen) atoms. The smallest absolute Gasteiger partial charge is 0.417 e. The third-order valence-electron chi connectivity index (χ3n) is 5.61. The van der Waals surface area contributed by atoms with Gasteiger partial charge in [0.2, 0.25) is 0 Å². The molecule has 0 amide bonds. The normalized spacial score (nSPS) is 12.3. The molecular weight excluding hydrogens is 469 g/mol. The van der Waals surface area contributed by atoms with Gasteiger partial charge in [0.1, 0.15) is 11.4 Å². The number of aliphatic hydroxyl groups is 1. The number of imidazole rings is 1. The molecule has 4 rings (SSSR count). The summed E-state index contributed by atoms with van der Waals surface area (Å²) in [5, 5.41) is 21.1. The van der Waals surface area contributed by atoms with Crippen LogP contribution in [-0.4, -0.2) is 20.6 Å². The zero-order valence-electron chi connectivity index (χ0n) is 19.5. The van der Waals surface area contributed by atoms with Gasteiger partial charge in [-0.15, -0.1) is 0 Å². The Labute approximate surface area is 205 Å². The van der Waals surface area contributed by atoms with E-state index in [4.69, 9.17) is 0 Å². The van der Waals surface area contributed by atoms with E-state index < -0.39 is 23.3 Å². The van der Waals surface area contributed by atoms with Gasteiger partial charge in [0.05, 0.1) is 17.2 Å². The summed E-state index contributed by atoms with van der Waals surface area (Å²) in [6.45, 7) is 3.04. The van der Waals surface area contributed by atoms with Crippen LogP contribution in [0.2, 0.25) is 0 Å². The van der Waals surface area contributed by atoms with Crippen LogP contribution in [0.15, 0.2) is 85.1 Å². The molecule has 184 valence electrons. The molecule has 5 nitrogen and oxygen atoms in total. The minimum Gasteiger partial charge on any atom is -0.545 e. The summed E-state index contributed by atoms with van der Waals surface area (Å²) in [6, 6.07) is 19.6. The number of hydrogen-bond acceptors (Lipinski definition) is 4. The van der Waals surface area contributed by atoms with Crippen LogP contribution in [0.5, 0.6) is 0 Å². The van der Waals surface area contributed by atoms with Crippen LogP contribution < -0.4 is 5.11 Å². The zero-order valence-corrected chi connectivity index (χ0v) is 19.5. The lowest BCUT2D eigenvalue weighted by Gasteiger charge is -2.14. The Bertz CT molecular complexity index is 1410. The molecule has 0 unspecified atom stereocenters. The molecule has 3 aromatic carbocycles. The fourth-order valence-corrected chi connectivity index (χ4v) is 3.75. The highest BCUT2D eigenvalue weighted by Crippen LogP contribution is 2.38. The van der Waals surface area contributed by atoms with Crippen LogP contribution in [0.25, 0.3) is 34.3 Å². The number of carbonyl (C=O) groups is 1. The van der Waals surface area contributed by atoms with E-state index in [1.807, 2.05) is 24.3 Å². The summed E-state index contributed by atoms with van der Waals surface area (Å²) >= 11 is 0. The standard InChI is InChI=1S/C28H23F3N2O3/c1-27(2,36)24-17-33(26(32-24)22-5-3-4-6-23(22)28(29,30)31)21-14-12-20(13-15-21)19-10-7-18(8-11-19)9-16-25(34)35/h3-17,36H,1-2H3,(H,34,35)/p-1/b16-9+. The number of halogens is 3. The van der Waals surface area contributed by atoms with Crippen LogP contribution in [0, 0.1) is 0 Å². The zero-order chi connectivity index (χ0) is 26.1. The number of benzene rings is 3. The van der Waals surface area contributed by atoms with Crippen molar-refractivity contribution in [1.29, 1.82) is 0 Å². The van der Waals surface area contributed by atoms with Crippen LogP contribution in [0.1, 0.15) is 30.7 Å². The van der Waals surface area contributed by atoms with Crippen molar-refractivity contribution in [3.8, 4) is 28.2 Å². The summed E-state index contributed by atoms with van der Waals surface area (Å²) in [4.78, 5) is 15.0. The summed E-state index contributed by atoms with van der Waals surface area (Å²) in [5.41, 5.74) is 0.964. The maximum absolute atomic E-state index is 13.7. The second kappa shape index (κ2) is 9.47. The monoisotopic (exact) mass is 491 g/mol. The number of carboxylic acids is 1. The molecule has 1 aromatic heterocycles. The minimum absolute atomic E-state index is 0.0665. The van der Waals surface area contributed by atoms with Crippen molar-refractivity contribution in [3.05, 3.63) is 102 Å². The Morgan fingerprint density at radius 2 is 1.53 bits per heavy atom. The third-order valence-corrected chi connectivity index (χ3v) is 5.61. The van der Waals surface area contributed by atoms with E-state index >= 15 is 0 Å². The van der Waals surface area contributed by atoms with Crippen LogP contribution in [0.3, 0.4) is 0 Å². The lowest BCUT2D eigenvalue weighted by molar-refractivity contribution is -0.297. The predicted octanol–water partition coefficient (Wildman–Crippen LogP) is 5.22. The highest BCUT2D eigenvalue weighted by molar-refractivity contribution is 5.83. The van der Waals surface area contributed by atoms with Gasteiger partial charge in [0, 0.05) is 17.4 Å². The van der Waals surface area contributed by atoms with Gasteiger partial charge in [0.15, 0.2) is 0 Å². The maximum atomic E-state index is 13.7. The first-order valence-electron chi connectivity index (χ1n) is 11.0. The Morgan fingerprint density at radius 1 is 0.944 bits per heavy atom. The summed E-state index contributed by atoms with van der Waals surface area (Å²) in [5.74, 6) is -1.21. The van der Waals surface area contributed by atoms with Gasteiger partial charge < -0.3 is 15.0 Å². The van der Waals surface area contributed by atoms with E-state index in [0.717, 1.165) is 23.3 Å². The van der Waals surface area contributed by atoms with Crippen molar-refractivity contribution in [2.24, 2.45) is 0 Å². The second-order valence-corrected chi connectivity index (χ2v) is 8.74. The van der Waals surface area contributed by atoms with Gasteiger partial charge in [-0.2, -0.15) is 13.2 Å². The first-order valence-corrected chi connectivity index (χ1v) is 11.0. The van der Waals surface area contributed by atoms with Crippen molar-refractivity contribution in [2.75, 3.05) is 0 Å². The van der Waals surface area contributed by atoms with E-state index in [0.29, 0.717) is 11.3 Å². The molecule has 8 heteroatoms. The first kappa shape index (κ1) is 24.9. The molecular formula is C28H22F3N2O3-. The SMILES string of the molecule is CC(C)(O)c1cn(-c2ccc(-c3ccc(/C=C/C(=O)[O-])cc3)cc2)c(-c2ccccc2C(F)(F)F)n1. The van der Waals surface area contributed by atoms with Crippen molar-refractivity contribution in [3.63, 3.8) is 0 Å². The number of alkyl halides is 3. The fourth-order valence-electron chi connectivity index (χ4n) is 3.75. The van der Waals surface area contributed by atoms with Crippen molar-refractivity contribution >= 4 is 12.0 Å². The number of aromatic nitrogens is 2. The molecule has 0 atom stereocenters. The third kappa shape index (κ3) is 5.39. The molecule has 0 aliphatic carbocycles.